The Kier molecular flexibility index (Phi) is 5.02. The summed E-state index contributed by atoms with van der Waals surface area (Å²) in [4.78, 5) is 22.1. The molecule has 7 nitrogen and oxygen atoms in total. The van der Waals surface area contributed by atoms with E-state index in [4.69, 9.17) is 4.52 Å². The van der Waals surface area contributed by atoms with E-state index < -0.39 is 10.7 Å². The molecule has 3 rings (SSSR count). The van der Waals surface area contributed by atoms with Crippen LogP contribution in [0, 0.1) is 15.9 Å². The molecule has 1 aromatic heterocycles. The minimum Gasteiger partial charge on any atom is -0.356 e. The SMILES string of the molecule is O=C(Cc1ccc([N+](=O)[O-])cc1)NCc1cc(-c2ccccc2F)on1. The van der Waals surface area contributed by atoms with E-state index in [0.717, 1.165) is 0 Å². The van der Waals surface area contributed by atoms with Crippen molar-refractivity contribution >= 4 is 11.6 Å². The fourth-order valence-electron chi connectivity index (χ4n) is 2.36. The first-order valence-corrected chi connectivity index (χ1v) is 7.73. The Morgan fingerprint density at radius 2 is 1.92 bits per heavy atom. The van der Waals surface area contributed by atoms with Gasteiger partial charge in [0.05, 0.1) is 23.5 Å². The zero-order valence-electron chi connectivity index (χ0n) is 13.5. The number of nitrogens with zero attached hydrogens (tertiary/aromatic N) is 2. The highest BCUT2D eigenvalue weighted by Crippen LogP contribution is 2.23. The summed E-state index contributed by atoms with van der Waals surface area (Å²) in [5.74, 6) is -0.408. The number of halogens is 1. The van der Waals surface area contributed by atoms with E-state index in [1.54, 1.807) is 24.3 Å². The maximum Gasteiger partial charge on any atom is 0.269 e. The van der Waals surface area contributed by atoms with Crippen LogP contribution in [0.5, 0.6) is 0 Å². The van der Waals surface area contributed by atoms with Gasteiger partial charge in [-0.15, -0.1) is 0 Å². The third-order valence-electron chi connectivity index (χ3n) is 3.68. The Hall–Kier alpha value is -3.55. The molecule has 0 saturated heterocycles. The number of carbonyl (C=O) groups excluding carboxylic acids is 1. The van der Waals surface area contributed by atoms with Gasteiger partial charge in [0.2, 0.25) is 5.91 Å². The largest absolute Gasteiger partial charge is 0.356 e. The zero-order chi connectivity index (χ0) is 18.5. The summed E-state index contributed by atoms with van der Waals surface area (Å²) in [7, 11) is 0. The Balaban J connectivity index is 1.56. The first-order valence-electron chi connectivity index (χ1n) is 7.73. The van der Waals surface area contributed by atoms with E-state index in [1.807, 2.05) is 0 Å². The van der Waals surface area contributed by atoms with Crippen LogP contribution >= 0.6 is 0 Å². The standard InChI is InChI=1S/C18H14FN3O4/c19-16-4-2-1-3-15(16)17-10-13(21-26-17)11-20-18(23)9-12-5-7-14(8-6-12)22(24)25/h1-8,10H,9,11H2,(H,20,23). The van der Waals surface area contributed by atoms with Crippen molar-refractivity contribution in [2.75, 3.05) is 0 Å². The monoisotopic (exact) mass is 355 g/mol. The van der Waals surface area contributed by atoms with Crippen LogP contribution in [0.25, 0.3) is 11.3 Å². The van der Waals surface area contributed by atoms with Crippen LogP contribution in [0.4, 0.5) is 10.1 Å². The van der Waals surface area contributed by atoms with Gasteiger partial charge >= 0.3 is 0 Å². The van der Waals surface area contributed by atoms with E-state index in [0.29, 0.717) is 16.8 Å². The number of carbonyl (C=O) groups is 1. The first-order chi connectivity index (χ1) is 12.5. The highest BCUT2D eigenvalue weighted by atomic mass is 19.1. The molecular weight excluding hydrogens is 341 g/mol. The van der Waals surface area contributed by atoms with Gasteiger partial charge in [0.15, 0.2) is 5.76 Å². The Morgan fingerprint density at radius 3 is 2.62 bits per heavy atom. The average Bonchev–Trinajstić information content (AvgIpc) is 3.09. The summed E-state index contributed by atoms with van der Waals surface area (Å²) in [6.07, 6.45) is 0.0794. The van der Waals surface area contributed by atoms with Crippen LogP contribution in [0.15, 0.2) is 59.1 Å². The number of aromatic nitrogens is 1. The fourth-order valence-corrected chi connectivity index (χ4v) is 2.36. The van der Waals surface area contributed by atoms with Crippen LogP contribution in [-0.2, 0) is 17.8 Å². The van der Waals surface area contributed by atoms with E-state index >= 15 is 0 Å². The summed E-state index contributed by atoms with van der Waals surface area (Å²) < 4.78 is 18.8. The first kappa shape index (κ1) is 17.3. The van der Waals surface area contributed by atoms with Crippen LogP contribution in [0.3, 0.4) is 0 Å². The van der Waals surface area contributed by atoms with Crippen molar-refractivity contribution in [3.05, 3.63) is 81.8 Å². The number of nitro groups is 1. The number of nitrogens with one attached hydrogen (secondary N) is 1. The summed E-state index contributed by atoms with van der Waals surface area (Å²) >= 11 is 0. The molecule has 0 unspecified atom stereocenters. The van der Waals surface area contributed by atoms with Gasteiger partial charge in [-0.25, -0.2) is 4.39 Å². The molecule has 1 N–H and O–H groups in total. The summed E-state index contributed by atoms with van der Waals surface area (Å²) in [6, 6.07) is 13.5. The third kappa shape index (κ3) is 4.10. The van der Waals surface area contributed by atoms with E-state index in [-0.39, 0.29) is 30.3 Å². The quantitative estimate of drug-likeness (QED) is 0.541. The highest BCUT2D eigenvalue weighted by molar-refractivity contribution is 5.78. The second-order valence-corrected chi connectivity index (χ2v) is 5.54. The second kappa shape index (κ2) is 7.56. The van der Waals surface area contributed by atoms with Crippen LogP contribution < -0.4 is 5.32 Å². The predicted molar refractivity (Wildman–Crippen MR) is 90.5 cm³/mol. The lowest BCUT2D eigenvalue weighted by atomic mass is 10.1. The van der Waals surface area contributed by atoms with Gasteiger partial charge in [0, 0.05) is 18.2 Å². The molecule has 2 aromatic carbocycles. The van der Waals surface area contributed by atoms with Gasteiger partial charge in [-0.1, -0.05) is 29.4 Å². The van der Waals surface area contributed by atoms with Crippen LogP contribution in [0.1, 0.15) is 11.3 Å². The predicted octanol–water partition coefficient (Wildman–Crippen LogP) is 3.25. The van der Waals surface area contributed by atoms with Gasteiger partial charge < -0.3 is 9.84 Å². The highest BCUT2D eigenvalue weighted by Gasteiger charge is 2.12. The zero-order valence-corrected chi connectivity index (χ0v) is 13.5. The molecule has 0 spiro atoms. The molecule has 3 aromatic rings. The fraction of sp³-hybridized carbons (Fsp3) is 0.111. The summed E-state index contributed by atoms with van der Waals surface area (Å²) in [5.41, 5.74) is 1.38. The molecule has 1 heterocycles. The van der Waals surface area contributed by atoms with E-state index in [2.05, 4.69) is 10.5 Å². The van der Waals surface area contributed by atoms with Crippen LogP contribution in [-0.4, -0.2) is 16.0 Å². The molecule has 1 amide bonds. The molecule has 0 saturated carbocycles. The second-order valence-electron chi connectivity index (χ2n) is 5.54. The maximum atomic E-state index is 13.7. The molecule has 0 atom stereocenters. The van der Waals surface area contributed by atoms with Gasteiger partial charge in [-0.05, 0) is 17.7 Å². The maximum absolute atomic E-state index is 13.7. The van der Waals surface area contributed by atoms with E-state index in [9.17, 15) is 19.3 Å². The lowest BCUT2D eigenvalue weighted by Crippen LogP contribution is -2.24. The van der Waals surface area contributed by atoms with Gasteiger partial charge in [0.25, 0.3) is 5.69 Å². The summed E-state index contributed by atoms with van der Waals surface area (Å²) in [6.45, 7) is 0.129. The topological polar surface area (TPSA) is 98.3 Å². The number of non-ortho nitro benzene ring substituents is 1. The summed E-state index contributed by atoms with van der Waals surface area (Å²) in [5, 5.41) is 17.1. The minimum atomic E-state index is -0.498. The molecule has 8 heteroatoms. The van der Waals surface area contributed by atoms with Crippen molar-refractivity contribution in [3.63, 3.8) is 0 Å². The molecular formula is C18H14FN3O4. The Bertz CT molecular complexity index is 938. The molecule has 0 fully saturated rings. The Labute approximate surface area is 147 Å². The number of hydrogen-bond acceptors (Lipinski definition) is 5. The number of rotatable bonds is 6. The van der Waals surface area contributed by atoms with Crippen molar-refractivity contribution in [2.24, 2.45) is 0 Å². The van der Waals surface area contributed by atoms with Crippen molar-refractivity contribution in [1.29, 1.82) is 0 Å². The van der Waals surface area contributed by atoms with Crippen LogP contribution in [0.2, 0.25) is 0 Å². The molecule has 26 heavy (non-hydrogen) atoms. The smallest absolute Gasteiger partial charge is 0.269 e. The van der Waals surface area contributed by atoms with Crippen molar-refractivity contribution < 1.29 is 18.6 Å². The molecule has 0 radical (unpaired) electrons. The Morgan fingerprint density at radius 1 is 1.19 bits per heavy atom. The molecule has 0 bridgehead atoms. The van der Waals surface area contributed by atoms with Crippen molar-refractivity contribution in [1.82, 2.24) is 10.5 Å². The van der Waals surface area contributed by atoms with Gasteiger partial charge in [0.1, 0.15) is 11.5 Å². The lowest BCUT2D eigenvalue weighted by molar-refractivity contribution is -0.384. The molecule has 0 aliphatic heterocycles. The third-order valence-corrected chi connectivity index (χ3v) is 3.68. The molecule has 0 aliphatic carbocycles. The number of amides is 1. The number of hydrogen-bond donors (Lipinski definition) is 1. The number of benzene rings is 2. The van der Waals surface area contributed by atoms with Crippen molar-refractivity contribution in [3.8, 4) is 11.3 Å². The minimum absolute atomic E-state index is 0.0302. The molecule has 132 valence electrons. The van der Waals surface area contributed by atoms with Gasteiger partial charge in [-0.2, -0.15) is 0 Å². The van der Waals surface area contributed by atoms with Crippen molar-refractivity contribution in [2.45, 2.75) is 13.0 Å². The molecule has 0 aliphatic rings. The average molecular weight is 355 g/mol. The van der Waals surface area contributed by atoms with E-state index in [1.165, 1.54) is 30.3 Å². The normalized spacial score (nSPS) is 10.5. The number of nitro benzene ring substituents is 1. The van der Waals surface area contributed by atoms with Gasteiger partial charge in [-0.3, -0.25) is 14.9 Å². The lowest BCUT2D eigenvalue weighted by Gasteiger charge is -2.03.